The predicted molar refractivity (Wildman–Crippen MR) is 154 cm³/mol. The summed E-state index contributed by atoms with van der Waals surface area (Å²) in [4.78, 5) is 40.6. The number of amides is 2. The van der Waals surface area contributed by atoms with Gasteiger partial charge >= 0.3 is 5.82 Å². The molecule has 4 aromatic rings. The normalized spacial score (nSPS) is 14.8. The van der Waals surface area contributed by atoms with E-state index in [2.05, 4.69) is 51.1 Å². The smallest absolute Gasteiger partial charge is 0.302 e. The largest absolute Gasteiger partial charge is 0.359 e. The molecule has 204 valence electrons. The zero-order chi connectivity index (χ0) is 28.3. The van der Waals surface area contributed by atoms with E-state index < -0.39 is 11.9 Å². The van der Waals surface area contributed by atoms with Crippen LogP contribution in [0.5, 0.6) is 0 Å². The predicted octanol–water partition coefficient (Wildman–Crippen LogP) is 6.04. The molecule has 40 heavy (non-hydrogen) atoms. The highest BCUT2D eigenvalue weighted by Gasteiger charge is 2.38. The second kappa shape index (κ2) is 11.3. The van der Waals surface area contributed by atoms with Crippen molar-refractivity contribution in [1.82, 2.24) is 25.5 Å². The average Bonchev–Trinajstić information content (AvgIpc) is 3.51. The Bertz CT molecular complexity index is 1540. The Morgan fingerprint density at radius 1 is 1.05 bits per heavy atom. The molecule has 5 rings (SSSR count). The van der Waals surface area contributed by atoms with Crippen LogP contribution in [-0.2, 0) is 10.2 Å². The fraction of sp³-hybridized carbons (Fsp3) is 0.355. The molecule has 2 aromatic heterocycles. The molecule has 2 amide bonds. The summed E-state index contributed by atoms with van der Waals surface area (Å²) in [6.45, 7) is 14.3. The average molecular weight is 536 g/mol. The van der Waals surface area contributed by atoms with Crippen LogP contribution in [0, 0.1) is 6.57 Å². The van der Waals surface area contributed by atoms with Crippen molar-refractivity contribution >= 4 is 34.2 Å². The number of carbonyl (C=O) groups is 2. The van der Waals surface area contributed by atoms with E-state index in [0.29, 0.717) is 22.2 Å². The first-order valence-electron chi connectivity index (χ1n) is 13.6. The SMILES string of the molecule is [C-]#[N+]c1nnc2ccccc2c1C(C(=O)NC1CCCCC1)N(C(=O)c1cnc[nH]1)c1ccc(C(C)(C)C)cc1. The number of imidazole rings is 1. The van der Waals surface area contributed by atoms with Gasteiger partial charge in [-0.1, -0.05) is 82.0 Å². The minimum absolute atomic E-state index is 0.00595. The van der Waals surface area contributed by atoms with Crippen molar-refractivity contribution in [2.24, 2.45) is 0 Å². The zero-order valence-corrected chi connectivity index (χ0v) is 23.0. The van der Waals surface area contributed by atoms with Crippen molar-refractivity contribution in [2.45, 2.75) is 70.4 Å². The third kappa shape index (κ3) is 5.43. The van der Waals surface area contributed by atoms with Crippen LogP contribution in [-0.4, -0.2) is 38.0 Å². The minimum Gasteiger partial charge on any atom is -0.359 e. The zero-order valence-electron chi connectivity index (χ0n) is 23.0. The highest BCUT2D eigenvalue weighted by molar-refractivity contribution is 6.10. The number of hydrogen-bond acceptors (Lipinski definition) is 5. The number of aromatic amines is 1. The van der Waals surface area contributed by atoms with Gasteiger partial charge in [0, 0.05) is 22.7 Å². The molecule has 1 aliphatic carbocycles. The Hall–Kier alpha value is -4.58. The Morgan fingerprint density at radius 3 is 2.42 bits per heavy atom. The Labute approximate surface area is 233 Å². The third-order valence-electron chi connectivity index (χ3n) is 7.48. The van der Waals surface area contributed by atoms with E-state index in [0.717, 1.165) is 37.7 Å². The third-order valence-corrected chi connectivity index (χ3v) is 7.48. The number of rotatable bonds is 6. The monoisotopic (exact) mass is 535 g/mol. The van der Waals surface area contributed by atoms with Gasteiger partial charge in [-0.15, -0.1) is 0 Å². The van der Waals surface area contributed by atoms with Gasteiger partial charge in [0.1, 0.15) is 17.3 Å². The molecule has 0 saturated heterocycles. The minimum atomic E-state index is -1.18. The molecule has 1 unspecified atom stereocenters. The molecule has 0 aliphatic heterocycles. The van der Waals surface area contributed by atoms with Crippen LogP contribution in [0.25, 0.3) is 15.7 Å². The molecule has 0 spiro atoms. The summed E-state index contributed by atoms with van der Waals surface area (Å²) < 4.78 is 0. The first-order chi connectivity index (χ1) is 19.3. The standard InChI is InChI=1S/C31H33N7O2/c1-31(2,3)20-14-16-22(17-15-20)38(30(40)25-18-33-19-34-25)27(29(39)35-21-10-6-5-7-11-21)26-23-12-8-9-13-24(23)36-37-28(26)32-4/h8-9,12-19,21,27H,5-7,10-11H2,1-3H3,(H,33,34)(H,35,39). The fourth-order valence-corrected chi connectivity index (χ4v) is 5.33. The number of hydrogen-bond donors (Lipinski definition) is 2. The highest BCUT2D eigenvalue weighted by Crippen LogP contribution is 2.38. The second-order valence-electron chi connectivity index (χ2n) is 11.2. The topological polar surface area (TPSA) is 108 Å². The number of nitrogens with one attached hydrogen (secondary N) is 2. The maximum atomic E-state index is 14.4. The van der Waals surface area contributed by atoms with Crippen LogP contribution >= 0.6 is 0 Å². The van der Waals surface area contributed by atoms with E-state index in [1.54, 1.807) is 6.07 Å². The second-order valence-corrected chi connectivity index (χ2v) is 11.2. The van der Waals surface area contributed by atoms with Crippen molar-refractivity contribution in [2.75, 3.05) is 4.90 Å². The summed E-state index contributed by atoms with van der Waals surface area (Å²) in [6, 6.07) is 13.7. The molecule has 1 atom stereocenters. The molecule has 1 fully saturated rings. The summed E-state index contributed by atoms with van der Waals surface area (Å²) in [7, 11) is 0. The number of fused-ring (bicyclic) bond motifs is 1. The van der Waals surface area contributed by atoms with Gasteiger partial charge in [-0.05, 0) is 47.1 Å². The van der Waals surface area contributed by atoms with Gasteiger partial charge < -0.3 is 15.1 Å². The molecule has 9 nitrogen and oxygen atoms in total. The van der Waals surface area contributed by atoms with Crippen molar-refractivity contribution < 1.29 is 9.59 Å². The Balaban J connectivity index is 1.73. The van der Waals surface area contributed by atoms with Crippen LogP contribution in [0.1, 0.15) is 80.5 Å². The molecule has 1 aliphatic rings. The van der Waals surface area contributed by atoms with E-state index in [4.69, 9.17) is 6.57 Å². The maximum Gasteiger partial charge on any atom is 0.302 e. The lowest BCUT2D eigenvalue weighted by Crippen LogP contribution is -2.47. The molecule has 0 radical (unpaired) electrons. The lowest BCUT2D eigenvalue weighted by atomic mass is 9.87. The summed E-state index contributed by atoms with van der Waals surface area (Å²) in [5.41, 5.74) is 2.63. The van der Waals surface area contributed by atoms with Gasteiger partial charge in [-0.2, -0.15) is 0 Å². The van der Waals surface area contributed by atoms with E-state index >= 15 is 0 Å². The lowest BCUT2D eigenvalue weighted by molar-refractivity contribution is -0.123. The lowest BCUT2D eigenvalue weighted by Gasteiger charge is -2.34. The van der Waals surface area contributed by atoms with E-state index in [1.807, 2.05) is 42.5 Å². The molecule has 2 aromatic carbocycles. The Kier molecular flexibility index (Phi) is 7.60. The first-order valence-corrected chi connectivity index (χ1v) is 13.6. The van der Waals surface area contributed by atoms with Gasteiger partial charge in [0.05, 0.1) is 12.5 Å². The molecule has 0 bridgehead atoms. The van der Waals surface area contributed by atoms with Crippen molar-refractivity contribution in [1.29, 1.82) is 0 Å². The number of aromatic nitrogens is 4. The summed E-state index contributed by atoms with van der Waals surface area (Å²) in [6.07, 6.45) is 7.83. The van der Waals surface area contributed by atoms with Crippen molar-refractivity contribution in [3.05, 3.63) is 89.3 Å². The quantitative estimate of drug-likeness (QED) is 0.293. The van der Waals surface area contributed by atoms with Gasteiger partial charge in [-0.25, -0.2) is 4.98 Å². The van der Waals surface area contributed by atoms with Crippen LogP contribution in [0.15, 0.2) is 61.1 Å². The van der Waals surface area contributed by atoms with Crippen LogP contribution in [0.4, 0.5) is 11.5 Å². The van der Waals surface area contributed by atoms with Gasteiger partial charge in [0.15, 0.2) is 0 Å². The molecular formula is C31H33N7O2. The summed E-state index contributed by atoms with van der Waals surface area (Å²) in [5.74, 6) is -0.819. The number of H-pyrrole nitrogens is 1. The molecular weight excluding hydrogens is 502 g/mol. The van der Waals surface area contributed by atoms with E-state index in [1.165, 1.54) is 17.4 Å². The van der Waals surface area contributed by atoms with Gasteiger partial charge in [-0.3, -0.25) is 14.5 Å². The van der Waals surface area contributed by atoms with Gasteiger partial charge in [0.25, 0.3) is 5.91 Å². The number of anilines is 1. The molecule has 2 heterocycles. The summed E-state index contributed by atoms with van der Waals surface area (Å²) in [5, 5.41) is 12.2. The van der Waals surface area contributed by atoms with Crippen LogP contribution in [0.2, 0.25) is 0 Å². The fourth-order valence-electron chi connectivity index (χ4n) is 5.33. The molecule has 9 heteroatoms. The number of carbonyl (C=O) groups excluding carboxylic acids is 2. The molecule has 2 N–H and O–H groups in total. The van der Waals surface area contributed by atoms with E-state index in [-0.39, 0.29) is 28.9 Å². The number of benzene rings is 2. The summed E-state index contributed by atoms with van der Waals surface area (Å²) >= 11 is 0. The maximum absolute atomic E-state index is 14.4. The molecule has 1 saturated carbocycles. The first kappa shape index (κ1) is 27.0. The van der Waals surface area contributed by atoms with Crippen LogP contribution < -0.4 is 10.2 Å². The van der Waals surface area contributed by atoms with Crippen molar-refractivity contribution in [3.63, 3.8) is 0 Å². The number of nitrogens with zero attached hydrogens (tertiary/aromatic N) is 5. The van der Waals surface area contributed by atoms with Crippen LogP contribution in [0.3, 0.4) is 0 Å². The van der Waals surface area contributed by atoms with Crippen molar-refractivity contribution in [3.8, 4) is 0 Å². The van der Waals surface area contributed by atoms with Gasteiger partial charge in [0.2, 0.25) is 5.91 Å². The van der Waals surface area contributed by atoms with E-state index in [9.17, 15) is 9.59 Å². The Morgan fingerprint density at radius 2 is 1.77 bits per heavy atom. The highest BCUT2D eigenvalue weighted by atomic mass is 16.2.